The summed E-state index contributed by atoms with van der Waals surface area (Å²) in [6, 6.07) is 0. The Labute approximate surface area is 80.8 Å². The molecule has 0 rings (SSSR count). The van der Waals surface area contributed by atoms with Crippen molar-refractivity contribution in [1.82, 2.24) is 10.4 Å². The van der Waals surface area contributed by atoms with Crippen molar-refractivity contribution in [2.24, 2.45) is 0 Å². The van der Waals surface area contributed by atoms with Crippen molar-refractivity contribution in [2.45, 2.75) is 34.1 Å². The Morgan fingerprint density at radius 1 is 1.31 bits per heavy atom. The Bertz CT molecular complexity index is 205. The quantitative estimate of drug-likeness (QED) is 0.533. The molecule has 0 saturated heterocycles. The Hall–Kier alpha value is -0.830. The second-order valence-electron chi connectivity index (χ2n) is 3.49. The number of carbonyl (C=O) groups excluding carboxylic acids is 1. The molecule has 3 nitrogen and oxygen atoms in total. The maximum atomic E-state index is 11.5. The summed E-state index contributed by atoms with van der Waals surface area (Å²) >= 11 is 0. The zero-order valence-electron chi connectivity index (χ0n) is 9.27. The smallest absolute Gasteiger partial charge is 0.261 e. The molecule has 1 N–H and O–H groups in total. The molecule has 13 heavy (non-hydrogen) atoms. The van der Waals surface area contributed by atoms with E-state index in [-0.39, 0.29) is 5.91 Å². The molecule has 0 unspecified atom stereocenters. The molecular weight excluding hydrogens is 164 g/mol. The fourth-order valence-electron chi connectivity index (χ4n) is 0.876. The highest BCUT2D eigenvalue weighted by Gasteiger charge is 2.06. The number of rotatable bonds is 4. The average molecular weight is 184 g/mol. The van der Waals surface area contributed by atoms with E-state index in [0.29, 0.717) is 0 Å². The Kier molecular flexibility index (Phi) is 5.39. The van der Waals surface area contributed by atoms with E-state index in [1.165, 1.54) is 0 Å². The fraction of sp³-hybridized carbons (Fsp3) is 0.700. The number of amides is 1. The van der Waals surface area contributed by atoms with E-state index in [4.69, 9.17) is 0 Å². The SMILES string of the molecule is CCCN(C)NC(=O)C(C)=C(C)C. The summed E-state index contributed by atoms with van der Waals surface area (Å²) in [6.45, 7) is 8.67. The summed E-state index contributed by atoms with van der Waals surface area (Å²) in [4.78, 5) is 11.5. The molecule has 0 radical (unpaired) electrons. The second-order valence-corrected chi connectivity index (χ2v) is 3.49. The van der Waals surface area contributed by atoms with Gasteiger partial charge in [0, 0.05) is 19.2 Å². The topological polar surface area (TPSA) is 32.3 Å². The predicted octanol–water partition coefficient (Wildman–Crippen LogP) is 1.72. The van der Waals surface area contributed by atoms with Gasteiger partial charge in [-0.15, -0.1) is 0 Å². The zero-order valence-corrected chi connectivity index (χ0v) is 9.27. The minimum atomic E-state index is -0.00375. The molecule has 0 saturated carbocycles. The van der Waals surface area contributed by atoms with Gasteiger partial charge < -0.3 is 0 Å². The van der Waals surface area contributed by atoms with Crippen molar-refractivity contribution in [2.75, 3.05) is 13.6 Å². The van der Waals surface area contributed by atoms with Crippen LogP contribution < -0.4 is 5.43 Å². The number of allylic oxidation sites excluding steroid dienone is 1. The molecule has 0 aliphatic heterocycles. The molecular formula is C10H20N2O. The third-order valence-corrected chi connectivity index (χ3v) is 1.94. The van der Waals surface area contributed by atoms with Crippen LogP contribution in [0.15, 0.2) is 11.1 Å². The van der Waals surface area contributed by atoms with Gasteiger partial charge in [0.15, 0.2) is 0 Å². The predicted molar refractivity (Wildman–Crippen MR) is 55.1 cm³/mol. The number of hydrazine groups is 1. The molecule has 0 spiro atoms. The van der Waals surface area contributed by atoms with Crippen molar-refractivity contribution in [1.29, 1.82) is 0 Å². The largest absolute Gasteiger partial charge is 0.285 e. The van der Waals surface area contributed by atoms with Crippen molar-refractivity contribution in [3.8, 4) is 0 Å². The van der Waals surface area contributed by atoms with Gasteiger partial charge in [-0.1, -0.05) is 12.5 Å². The maximum Gasteiger partial charge on any atom is 0.261 e. The molecule has 0 fully saturated rings. The third-order valence-electron chi connectivity index (χ3n) is 1.94. The van der Waals surface area contributed by atoms with Crippen LogP contribution in [0.3, 0.4) is 0 Å². The van der Waals surface area contributed by atoms with E-state index in [0.717, 1.165) is 24.1 Å². The first kappa shape index (κ1) is 12.2. The van der Waals surface area contributed by atoms with E-state index in [1.54, 1.807) is 0 Å². The van der Waals surface area contributed by atoms with Gasteiger partial charge in [-0.3, -0.25) is 10.2 Å². The fourth-order valence-corrected chi connectivity index (χ4v) is 0.876. The lowest BCUT2D eigenvalue weighted by molar-refractivity contribution is -0.121. The first-order chi connectivity index (χ1) is 5.99. The summed E-state index contributed by atoms with van der Waals surface area (Å²) in [5.41, 5.74) is 4.65. The van der Waals surface area contributed by atoms with Gasteiger partial charge in [-0.2, -0.15) is 0 Å². The van der Waals surface area contributed by atoms with E-state index >= 15 is 0 Å². The molecule has 1 amide bonds. The Morgan fingerprint density at radius 2 is 1.85 bits per heavy atom. The number of nitrogens with one attached hydrogen (secondary N) is 1. The van der Waals surface area contributed by atoms with Gasteiger partial charge in [-0.25, -0.2) is 5.01 Å². The second kappa shape index (κ2) is 5.75. The highest BCUT2D eigenvalue weighted by atomic mass is 16.2. The summed E-state index contributed by atoms with van der Waals surface area (Å²) in [5, 5.41) is 1.81. The number of nitrogens with zero attached hydrogens (tertiary/aromatic N) is 1. The molecule has 0 aromatic heterocycles. The monoisotopic (exact) mass is 184 g/mol. The molecule has 0 bridgehead atoms. The molecule has 0 aliphatic rings. The number of hydrogen-bond acceptors (Lipinski definition) is 2. The van der Waals surface area contributed by atoms with E-state index < -0.39 is 0 Å². The normalized spacial score (nSPS) is 10.0. The van der Waals surface area contributed by atoms with Crippen molar-refractivity contribution in [3.63, 3.8) is 0 Å². The van der Waals surface area contributed by atoms with Crippen LogP contribution in [0.1, 0.15) is 34.1 Å². The molecule has 0 aromatic rings. The molecule has 0 atom stereocenters. The van der Waals surface area contributed by atoms with Crippen LogP contribution in [0, 0.1) is 0 Å². The molecule has 76 valence electrons. The van der Waals surface area contributed by atoms with Gasteiger partial charge >= 0.3 is 0 Å². The van der Waals surface area contributed by atoms with Gasteiger partial charge in [0.2, 0.25) is 0 Å². The molecule has 0 heterocycles. The van der Waals surface area contributed by atoms with Gasteiger partial charge in [-0.05, 0) is 27.2 Å². The van der Waals surface area contributed by atoms with Gasteiger partial charge in [0.25, 0.3) is 5.91 Å². The molecule has 0 aliphatic carbocycles. The summed E-state index contributed by atoms with van der Waals surface area (Å²) < 4.78 is 0. The van der Waals surface area contributed by atoms with Crippen LogP contribution in [0.4, 0.5) is 0 Å². The first-order valence-corrected chi connectivity index (χ1v) is 4.65. The Balaban J connectivity index is 4.09. The molecule has 0 aromatic carbocycles. The summed E-state index contributed by atoms with van der Waals surface area (Å²) in [6.07, 6.45) is 1.03. The Morgan fingerprint density at radius 3 is 2.23 bits per heavy atom. The van der Waals surface area contributed by atoms with E-state index in [2.05, 4.69) is 12.3 Å². The van der Waals surface area contributed by atoms with Crippen molar-refractivity contribution in [3.05, 3.63) is 11.1 Å². The standard InChI is InChI=1S/C10H20N2O/c1-6-7-12(5)11-10(13)9(4)8(2)3/h6-7H2,1-5H3,(H,11,13). The highest BCUT2D eigenvalue weighted by Crippen LogP contribution is 2.01. The van der Waals surface area contributed by atoms with Crippen LogP contribution in [-0.4, -0.2) is 24.5 Å². The van der Waals surface area contributed by atoms with Crippen molar-refractivity contribution < 1.29 is 4.79 Å². The van der Waals surface area contributed by atoms with Crippen LogP contribution in [0.5, 0.6) is 0 Å². The van der Waals surface area contributed by atoms with E-state index in [1.807, 2.05) is 32.8 Å². The summed E-state index contributed by atoms with van der Waals surface area (Å²) in [5.74, 6) is -0.00375. The minimum absolute atomic E-state index is 0.00375. The number of carbonyl (C=O) groups is 1. The van der Waals surface area contributed by atoms with E-state index in [9.17, 15) is 4.79 Å². The summed E-state index contributed by atoms with van der Waals surface area (Å²) in [7, 11) is 1.87. The highest BCUT2D eigenvalue weighted by molar-refractivity contribution is 5.92. The lowest BCUT2D eigenvalue weighted by atomic mass is 10.2. The lowest BCUT2D eigenvalue weighted by Crippen LogP contribution is -2.40. The lowest BCUT2D eigenvalue weighted by Gasteiger charge is -2.17. The van der Waals surface area contributed by atoms with Crippen LogP contribution >= 0.6 is 0 Å². The first-order valence-electron chi connectivity index (χ1n) is 4.65. The van der Waals surface area contributed by atoms with Crippen LogP contribution in [-0.2, 0) is 4.79 Å². The van der Waals surface area contributed by atoms with Crippen LogP contribution in [0.25, 0.3) is 0 Å². The van der Waals surface area contributed by atoms with Crippen molar-refractivity contribution >= 4 is 5.91 Å². The zero-order chi connectivity index (χ0) is 10.4. The van der Waals surface area contributed by atoms with Crippen LogP contribution in [0.2, 0.25) is 0 Å². The third kappa shape index (κ3) is 4.68. The van der Waals surface area contributed by atoms with Gasteiger partial charge in [0.05, 0.1) is 0 Å². The molecule has 3 heteroatoms. The average Bonchev–Trinajstić information content (AvgIpc) is 2.03. The number of hydrogen-bond donors (Lipinski definition) is 1. The maximum absolute atomic E-state index is 11.5. The minimum Gasteiger partial charge on any atom is -0.285 e. The van der Waals surface area contributed by atoms with Gasteiger partial charge in [0.1, 0.15) is 0 Å².